The molecule has 9 heteroatoms. The molecule has 3 aromatic rings. The molecule has 174 valence electrons. The number of hydrogen-bond donors (Lipinski definition) is 0. The van der Waals surface area contributed by atoms with Crippen LogP contribution in [0.25, 0.3) is 0 Å². The van der Waals surface area contributed by atoms with Crippen molar-refractivity contribution in [3.8, 4) is 0 Å². The number of ether oxygens (including phenoxy) is 1. The molecule has 6 nitrogen and oxygen atoms in total. The maximum absolute atomic E-state index is 13.9. The molecular weight excluding hydrogens is 557 g/mol. The normalized spacial score (nSPS) is 24.4. The molecule has 3 aromatic carbocycles. The number of imide groups is 1. The number of benzene rings is 3. The van der Waals surface area contributed by atoms with E-state index in [1.54, 1.807) is 36.4 Å². The fourth-order valence-electron chi connectivity index (χ4n) is 5.39. The molecule has 3 aliphatic rings. The highest BCUT2D eigenvalue weighted by Crippen LogP contribution is 2.57. The molecule has 0 radical (unpaired) electrons. The molecule has 0 bridgehead atoms. The zero-order chi connectivity index (χ0) is 24.6. The van der Waals surface area contributed by atoms with Crippen LogP contribution >= 0.6 is 39.1 Å². The number of amides is 2. The van der Waals surface area contributed by atoms with E-state index in [1.807, 2.05) is 0 Å². The predicted molar refractivity (Wildman–Crippen MR) is 132 cm³/mol. The minimum Gasteiger partial charge on any atom is -0.349 e. The molecule has 0 unspecified atom stereocenters. The van der Waals surface area contributed by atoms with Crippen molar-refractivity contribution >= 4 is 68.2 Å². The quantitative estimate of drug-likeness (QED) is 0.302. The van der Waals surface area contributed by atoms with Crippen molar-refractivity contribution in [2.45, 2.75) is 11.7 Å². The molecule has 0 aromatic heterocycles. The number of nitrogens with zero attached hydrogens (tertiary/aromatic N) is 1. The van der Waals surface area contributed by atoms with Gasteiger partial charge in [-0.25, -0.2) is 4.90 Å². The Morgan fingerprint density at radius 2 is 1.37 bits per heavy atom. The number of ketones is 2. The number of carbonyl (C=O) groups excluding carboxylic acids is 4. The molecule has 1 spiro atoms. The zero-order valence-corrected chi connectivity index (χ0v) is 20.8. The third-order valence-corrected chi connectivity index (χ3v) is 7.79. The highest BCUT2D eigenvalue weighted by Gasteiger charge is 2.74. The average molecular weight is 571 g/mol. The third kappa shape index (κ3) is 3.05. The van der Waals surface area contributed by atoms with E-state index in [0.29, 0.717) is 5.56 Å². The minimum absolute atomic E-state index is 0.173. The summed E-state index contributed by atoms with van der Waals surface area (Å²) in [6.07, 6.45) is -0.994. The van der Waals surface area contributed by atoms with Crippen LogP contribution in [0, 0.1) is 11.8 Å². The van der Waals surface area contributed by atoms with E-state index in [4.69, 9.17) is 27.9 Å². The summed E-state index contributed by atoms with van der Waals surface area (Å²) >= 11 is 15.7. The summed E-state index contributed by atoms with van der Waals surface area (Å²) in [6.45, 7) is 0. The van der Waals surface area contributed by atoms with Crippen LogP contribution in [0.1, 0.15) is 32.4 Å². The summed E-state index contributed by atoms with van der Waals surface area (Å²) in [7, 11) is 0. The maximum Gasteiger partial charge on any atom is 0.241 e. The summed E-state index contributed by atoms with van der Waals surface area (Å²) in [5.41, 5.74) is -1.03. The van der Waals surface area contributed by atoms with Gasteiger partial charge in [0, 0.05) is 25.6 Å². The lowest BCUT2D eigenvalue weighted by Gasteiger charge is -2.27. The molecule has 2 saturated heterocycles. The van der Waals surface area contributed by atoms with Gasteiger partial charge >= 0.3 is 0 Å². The SMILES string of the molecule is O=C1[C@@H]2[C@@H](c3ccc(Br)cc3)OC3(C(=O)c4ccccc4C3=O)[C@@H]2C(=O)N1c1cc(Cl)cc(Cl)c1. The van der Waals surface area contributed by atoms with Crippen LogP contribution in [-0.4, -0.2) is 29.0 Å². The lowest BCUT2D eigenvalue weighted by atomic mass is 9.77. The van der Waals surface area contributed by atoms with Crippen LogP contribution in [-0.2, 0) is 14.3 Å². The van der Waals surface area contributed by atoms with Gasteiger partial charge in [-0.3, -0.25) is 19.2 Å². The van der Waals surface area contributed by atoms with E-state index in [1.165, 1.54) is 30.3 Å². The van der Waals surface area contributed by atoms with Crippen LogP contribution in [0.3, 0.4) is 0 Å². The molecule has 6 rings (SSSR count). The standard InChI is InChI=1S/C26H14BrCl2NO5/c27-13-7-5-12(6-8-13)21-19-20(25(34)30(24(19)33)16-10-14(28)9-15(29)11-16)26(35-21)22(31)17-3-1-2-4-18(17)23(26)32/h1-11,19-21H/t19-,20-,21+/m0/s1. The van der Waals surface area contributed by atoms with Crippen LogP contribution in [0.2, 0.25) is 10.0 Å². The van der Waals surface area contributed by atoms with Gasteiger partial charge in [-0.2, -0.15) is 0 Å². The molecular formula is C26H14BrCl2NO5. The van der Waals surface area contributed by atoms with Crippen molar-refractivity contribution in [1.82, 2.24) is 0 Å². The Labute approximate surface area is 217 Å². The van der Waals surface area contributed by atoms with Crippen molar-refractivity contribution < 1.29 is 23.9 Å². The smallest absolute Gasteiger partial charge is 0.241 e. The van der Waals surface area contributed by atoms with E-state index >= 15 is 0 Å². The van der Waals surface area contributed by atoms with Crippen molar-refractivity contribution in [3.05, 3.63) is 97.9 Å². The van der Waals surface area contributed by atoms with Crippen LogP contribution in [0.5, 0.6) is 0 Å². The fourth-order valence-corrected chi connectivity index (χ4v) is 6.17. The largest absolute Gasteiger partial charge is 0.349 e. The molecule has 2 amide bonds. The van der Waals surface area contributed by atoms with E-state index in [9.17, 15) is 19.2 Å². The second-order valence-corrected chi connectivity index (χ2v) is 10.5. The van der Waals surface area contributed by atoms with Gasteiger partial charge in [-0.1, -0.05) is 75.5 Å². The lowest BCUT2D eigenvalue weighted by Crippen LogP contribution is -2.51. The number of anilines is 1. The summed E-state index contributed by atoms with van der Waals surface area (Å²) < 4.78 is 7.05. The molecule has 0 saturated carbocycles. The summed E-state index contributed by atoms with van der Waals surface area (Å²) in [6, 6.07) is 17.7. The Hall–Kier alpha value is -2.84. The van der Waals surface area contributed by atoms with E-state index in [2.05, 4.69) is 15.9 Å². The van der Waals surface area contributed by atoms with E-state index in [-0.39, 0.29) is 26.9 Å². The monoisotopic (exact) mass is 569 g/mol. The number of fused-ring (bicyclic) bond motifs is 3. The van der Waals surface area contributed by atoms with Gasteiger partial charge in [0.05, 0.1) is 23.6 Å². The summed E-state index contributed by atoms with van der Waals surface area (Å²) in [5, 5.41) is 0.474. The highest BCUT2D eigenvalue weighted by atomic mass is 79.9. The molecule has 0 N–H and O–H groups in total. The van der Waals surface area contributed by atoms with E-state index < -0.39 is 46.9 Å². The van der Waals surface area contributed by atoms with Gasteiger partial charge in [-0.15, -0.1) is 0 Å². The van der Waals surface area contributed by atoms with Gasteiger partial charge in [0.2, 0.25) is 29.0 Å². The Bertz CT molecular complexity index is 1420. The predicted octanol–water partition coefficient (Wildman–Crippen LogP) is 5.45. The number of carbonyl (C=O) groups is 4. The summed E-state index contributed by atoms with van der Waals surface area (Å²) in [5.74, 6) is -4.94. The van der Waals surface area contributed by atoms with Crippen molar-refractivity contribution in [2.24, 2.45) is 11.8 Å². The molecule has 3 atom stereocenters. The molecule has 2 aliphatic heterocycles. The zero-order valence-electron chi connectivity index (χ0n) is 17.7. The van der Waals surface area contributed by atoms with Gasteiger partial charge in [0.15, 0.2) is 0 Å². The molecule has 2 heterocycles. The Morgan fingerprint density at radius 3 is 1.94 bits per heavy atom. The van der Waals surface area contributed by atoms with Gasteiger partial charge in [0.25, 0.3) is 0 Å². The lowest BCUT2D eigenvalue weighted by molar-refractivity contribution is -0.127. The second kappa shape index (κ2) is 7.83. The number of hydrogen-bond acceptors (Lipinski definition) is 5. The third-order valence-electron chi connectivity index (χ3n) is 6.82. The van der Waals surface area contributed by atoms with Gasteiger partial charge < -0.3 is 4.74 Å². The first kappa shape index (κ1) is 22.6. The Balaban J connectivity index is 1.55. The number of Topliss-reactive ketones (excluding diaryl/α,β-unsaturated/α-hetero) is 2. The van der Waals surface area contributed by atoms with Crippen LogP contribution < -0.4 is 4.90 Å². The first-order valence-corrected chi connectivity index (χ1v) is 12.2. The molecule has 35 heavy (non-hydrogen) atoms. The number of rotatable bonds is 2. The topological polar surface area (TPSA) is 80.8 Å². The highest BCUT2D eigenvalue weighted by molar-refractivity contribution is 9.10. The minimum atomic E-state index is -2.13. The van der Waals surface area contributed by atoms with Crippen molar-refractivity contribution in [2.75, 3.05) is 4.90 Å². The molecule has 1 aliphatic carbocycles. The van der Waals surface area contributed by atoms with Crippen LogP contribution in [0.4, 0.5) is 5.69 Å². The Kier molecular flexibility index (Phi) is 5.06. The van der Waals surface area contributed by atoms with Gasteiger partial charge in [-0.05, 0) is 35.9 Å². The van der Waals surface area contributed by atoms with Crippen molar-refractivity contribution in [1.29, 1.82) is 0 Å². The molecule has 2 fully saturated rings. The first-order chi connectivity index (χ1) is 16.7. The summed E-state index contributed by atoms with van der Waals surface area (Å²) in [4.78, 5) is 56.1. The number of halogens is 3. The fraction of sp³-hybridized carbons (Fsp3) is 0.154. The Morgan fingerprint density at radius 1 is 0.800 bits per heavy atom. The van der Waals surface area contributed by atoms with Gasteiger partial charge in [0.1, 0.15) is 0 Å². The van der Waals surface area contributed by atoms with Crippen molar-refractivity contribution in [3.63, 3.8) is 0 Å². The average Bonchev–Trinajstić information content (AvgIpc) is 3.39. The maximum atomic E-state index is 13.9. The second-order valence-electron chi connectivity index (χ2n) is 8.67. The first-order valence-electron chi connectivity index (χ1n) is 10.7. The van der Waals surface area contributed by atoms with E-state index in [0.717, 1.165) is 9.37 Å². The van der Waals surface area contributed by atoms with Crippen LogP contribution in [0.15, 0.2) is 71.2 Å².